The Kier molecular flexibility index (Phi) is 9.67. The molecule has 3 atom stereocenters. The summed E-state index contributed by atoms with van der Waals surface area (Å²) in [5, 5.41) is 24.6. The number of methoxy groups -OCH3 is 1. The van der Waals surface area contributed by atoms with Gasteiger partial charge in [0.1, 0.15) is 35.9 Å². The van der Waals surface area contributed by atoms with Crippen molar-refractivity contribution >= 4 is 23.1 Å². The van der Waals surface area contributed by atoms with Gasteiger partial charge in [-0.15, -0.1) is 5.10 Å². The van der Waals surface area contributed by atoms with Crippen LogP contribution in [0.25, 0.3) is 16.8 Å². The van der Waals surface area contributed by atoms with Gasteiger partial charge in [-0.1, -0.05) is 6.07 Å². The number of piperidine rings is 1. The normalized spacial score (nSPS) is 20.5. The van der Waals surface area contributed by atoms with Gasteiger partial charge in [0.05, 0.1) is 43.5 Å². The zero-order valence-electron chi connectivity index (χ0n) is 26.3. The molecule has 49 heavy (non-hydrogen) atoms. The first-order valence-electron chi connectivity index (χ1n) is 15.3. The van der Waals surface area contributed by atoms with E-state index in [1.807, 2.05) is 18.3 Å². The molecule has 8 rings (SSSR count). The number of nitrogens with one attached hydrogen (secondary N) is 1. The van der Waals surface area contributed by atoms with Crippen LogP contribution in [-0.2, 0) is 16.1 Å². The van der Waals surface area contributed by atoms with Gasteiger partial charge in [0.2, 0.25) is 5.88 Å². The Morgan fingerprint density at radius 1 is 1.20 bits per heavy atom. The second kappa shape index (κ2) is 14.1. The number of ether oxygens (including phenoxy) is 3. The lowest BCUT2D eigenvalue weighted by Gasteiger charge is -2.56. The fourth-order valence-corrected chi connectivity index (χ4v) is 6.06. The van der Waals surface area contributed by atoms with E-state index in [4.69, 9.17) is 39.8 Å². The summed E-state index contributed by atoms with van der Waals surface area (Å²) in [6.07, 6.45) is 3.20. The lowest BCUT2D eigenvalue weighted by atomic mass is 9.87. The van der Waals surface area contributed by atoms with Crippen molar-refractivity contribution in [2.45, 2.75) is 37.3 Å². The number of nitrogens with two attached hydrogens (primary N) is 1. The van der Waals surface area contributed by atoms with E-state index < -0.39 is 12.1 Å². The number of alkyl halides is 3. The van der Waals surface area contributed by atoms with E-state index in [0.29, 0.717) is 59.3 Å². The van der Waals surface area contributed by atoms with Crippen molar-refractivity contribution < 1.29 is 37.3 Å². The monoisotopic (exact) mass is 682 g/mol. The number of aliphatic carboxylic acids is 1. The Bertz CT molecular complexity index is 1810. The molecule has 2 bridgehead atoms. The predicted molar refractivity (Wildman–Crippen MR) is 168 cm³/mol. The SMILES string of the molecule is COc1ccc(CN2C3CC2CN(c2cnc(-c4cc(OC[C@@H]5CNCCO5)cn5nc(N)c(C#N)c45)cn2)C3)cn1.O=C(O)C(F)(F)F. The van der Waals surface area contributed by atoms with E-state index in [2.05, 4.69) is 37.3 Å². The molecule has 2 unspecified atom stereocenters. The highest BCUT2D eigenvalue weighted by Crippen LogP contribution is 2.36. The van der Waals surface area contributed by atoms with Crippen molar-refractivity contribution in [1.29, 1.82) is 5.26 Å². The first kappa shape index (κ1) is 33.6. The zero-order chi connectivity index (χ0) is 34.7. The molecule has 0 amide bonds. The van der Waals surface area contributed by atoms with E-state index in [1.54, 1.807) is 30.2 Å². The number of carboxylic acid groups (broad SMARTS) is 1. The average Bonchev–Trinajstić information content (AvgIpc) is 3.44. The quantitative estimate of drug-likeness (QED) is 0.245. The van der Waals surface area contributed by atoms with Gasteiger partial charge in [-0.05, 0) is 18.1 Å². The van der Waals surface area contributed by atoms with E-state index >= 15 is 0 Å². The maximum atomic E-state index is 10.6. The Morgan fingerprint density at radius 2 is 1.98 bits per heavy atom. The van der Waals surface area contributed by atoms with Crippen molar-refractivity contribution in [1.82, 2.24) is 34.8 Å². The summed E-state index contributed by atoms with van der Waals surface area (Å²) in [4.78, 5) is 27.6. The second-order valence-electron chi connectivity index (χ2n) is 11.7. The van der Waals surface area contributed by atoms with Crippen LogP contribution in [0.4, 0.5) is 24.8 Å². The summed E-state index contributed by atoms with van der Waals surface area (Å²) < 4.78 is 50.3. The van der Waals surface area contributed by atoms with Crippen molar-refractivity contribution in [3.63, 3.8) is 0 Å². The molecule has 0 aliphatic carbocycles. The minimum absolute atomic E-state index is 0.0473. The maximum Gasteiger partial charge on any atom is 0.490 e. The first-order valence-corrected chi connectivity index (χ1v) is 15.3. The first-order chi connectivity index (χ1) is 23.5. The summed E-state index contributed by atoms with van der Waals surface area (Å²) in [5.41, 5.74) is 9.42. The average molecular weight is 683 g/mol. The van der Waals surface area contributed by atoms with Gasteiger partial charge in [0.15, 0.2) is 5.82 Å². The number of hydrogen-bond acceptors (Lipinski definition) is 13. The fraction of sp³-hybridized carbons (Fsp3) is 0.419. The van der Waals surface area contributed by atoms with Gasteiger partial charge in [-0.3, -0.25) is 9.88 Å². The standard InChI is InChI=1S/C29H32N10O3.C2HF3O2/c1-40-27-3-2-18(9-35-27)13-38-19-6-20(38)15-37(14-19)26-12-33-25(11-34-26)23-7-21(42-17-22-10-32-4-5-41-22)16-39-28(23)24(8-30)29(31)36-39;3-2(4,5)1(6)7/h2-3,7,9,11-12,16,19-20,22,32H,4-6,10,13-15,17H2,1H3,(H2,31,36);(H,6,7)/t19?,20?,22-;/m0./s1. The third-order valence-corrected chi connectivity index (χ3v) is 8.48. The number of carboxylic acids is 1. The molecule has 0 saturated carbocycles. The maximum absolute atomic E-state index is 10.6. The topological polar surface area (TPSA) is 189 Å². The van der Waals surface area contributed by atoms with Crippen LogP contribution in [0.2, 0.25) is 0 Å². The molecule has 8 heterocycles. The minimum Gasteiger partial charge on any atom is -0.489 e. The summed E-state index contributed by atoms with van der Waals surface area (Å²) in [7, 11) is 1.63. The summed E-state index contributed by atoms with van der Waals surface area (Å²) in [6, 6.07) is 8.94. The highest BCUT2D eigenvalue weighted by atomic mass is 19.4. The highest BCUT2D eigenvalue weighted by Gasteiger charge is 2.44. The molecule has 0 aromatic carbocycles. The number of anilines is 2. The Labute approximate surface area is 278 Å². The molecule has 4 aromatic heterocycles. The fourth-order valence-electron chi connectivity index (χ4n) is 6.06. The van der Waals surface area contributed by atoms with Crippen molar-refractivity contribution in [2.75, 3.05) is 57.1 Å². The van der Waals surface area contributed by atoms with Gasteiger partial charge < -0.3 is 35.3 Å². The van der Waals surface area contributed by atoms with Crippen molar-refractivity contribution in [2.24, 2.45) is 0 Å². The number of hydrogen-bond donors (Lipinski definition) is 3. The number of aromatic nitrogens is 5. The number of rotatable bonds is 8. The number of pyridine rings is 2. The molecule has 0 radical (unpaired) electrons. The van der Waals surface area contributed by atoms with E-state index in [9.17, 15) is 18.4 Å². The molecular formula is C31H33F3N10O5. The molecule has 0 spiro atoms. The lowest BCUT2D eigenvalue weighted by molar-refractivity contribution is -0.192. The molecule has 4 aliphatic heterocycles. The van der Waals surface area contributed by atoms with E-state index in [0.717, 1.165) is 38.5 Å². The molecule has 258 valence electrons. The number of carbonyl (C=O) groups is 1. The largest absolute Gasteiger partial charge is 0.490 e. The smallest absolute Gasteiger partial charge is 0.489 e. The number of halogens is 3. The molecule has 4 aliphatic rings. The lowest BCUT2D eigenvalue weighted by Crippen LogP contribution is -2.68. The van der Waals surface area contributed by atoms with Crippen LogP contribution < -0.4 is 25.4 Å². The molecule has 4 saturated heterocycles. The minimum atomic E-state index is -5.08. The number of nitrogens with zero attached hydrogens (tertiary/aromatic N) is 8. The molecular weight excluding hydrogens is 649 g/mol. The molecule has 18 heteroatoms. The number of piperazine rings is 1. The van der Waals surface area contributed by atoms with Gasteiger partial charge in [-0.2, -0.15) is 18.4 Å². The highest BCUT2D eigenvalue weighted by molar-refractivity contribution is 5.86. The van der Waals surface area contributed by atoms with Crippen molar-refractivity contribution in [3.8, 4) is 29.0 Å². The van der Waals surface area contributed by atoms with Crippen LogP contribution in [0.3, 0.4) is 0 Å². The van der Waals surface area contributed by atoms with Crippen LogP contribution in [0.5, 0.6) is 11.6 Å². The summed E-state index contributed by atoms with van der Waals surface area (Å²) in [6.45, 7) is 5.24. The van der Waals surface area contributed by atoms with Crippen LogP contribution in [0.1, 0.15) is 17.5 Å². The second-order valence-corrected chi connectivity index (χ2v) is 11.7. The Hall–Kier alpha value is -5.25. The molecule has 4 fully saturated rings. The predicted octanol–water partition coefficient (Wildman–Crippen LogP) is 2.11. The third kappa shape index (κ3) is 7.43. The molecule has 15 nitrogen and oxygen atoms in total. The van der Waals surface area contributed by atoms with Crippen LogP contribution in [0.15, 0.2) is 43.0 Å². The number of nitriles is 1. The van der Waals surface area contributed by atoms with Crippen LogP contribution in [0, 0.1) is 11.3 Å². The number of fused-ring (bicyclic) bond motifs is 3. The number of nitrogen functional groups attached to an aromatic ring is 1. The third-order valence-electron chi connectivity index (χ3n) is 8.48. The van der Waals surface area contributed by atoms with Gasteiger partial charge >= 0.3 is 12.1 Å². The Morgan fingerprint density at radius 3 is 2.57 bits per heavy atom. The van der Waals surface area contributed by atoms with Crippen LogP contribution in [-0.4, -0.2) is 111 Å². The van der Waals surface area contributed by atoms with Crippen LogP contribution >= 0.6 is 0 Å². The summed E-state index contributed by atoms with van der Waals surface area (Å²) >= 11 is 0. The van der Waals surface area contributed by atoms with Gasteiger partial charge in [-0.25, -0.2) is 19.3 Å². The van der Waals surface area contributed by atoms with Crippen molar-refractivity contribution in [3.05, 3.63) is 54.1 Å². The zero-order valence-corrected chi connectivity index (χ0v) is 26.3. The molecule has 4 N–H and O–H groups in total. The van der Waals surface area contributed by atoms with E-state index in [-0.39, 0.29) is 11.9 Å². The Balaban J connectivity index is 0.000000540. The van der Waals surface area contributed by atoms with Gasteiger partial charge in [0.25, 0.3) is 0 Å². The summed E-state index contributed by atoms with van der Waals surface area (Å²) in [5.74, 6) is -0.566. The number of morpholine rings is 1. The van der Waals surface area contributed by atoms with E-state index in [1.165, 1.54) is 12.0 Å². The van der Waals surface area contributed by atoms with Gasteiger partial charge in [0, 0.05) is 62.6 Å². The molecule has 4 aromatic rings.